The molecule has 0 fully saturated rings. The van der Waals surface area contributed by atoms with Crippen LogP contribution in [0.4, 0.5) is 5.69 Å². The number of carbonyl (C=O) groups is 1. The SMILES string of the molecule is COc1cc(C2NC(=S)NC(C)=C2C(=O)Nc2ccc(Cl)cc2)cc(OC)c1OC. The third kappa shape index (κ3) is 4.44. The van der Waals surface area contributed by atoms with Crippen molar-refractivity contribution in [3.8, 4) is 17.2 Å². The lowest BCUT2D eigenvalue weighted by Gasteiger charge is -2.31. The number of rotatable bonds is 6. The molecule has 1 unspecified atom stereocenters. The molecule has 7 nitrogen and oxygen atoms in total. The van der Waals surface area contributed by atoms with Gasteiger partial charge in [-0.1, -0.05) is 11.6 Å². The molecule has 1 aliphatic heterocycles. The number of halogens is 1. The number of benzene rings is 2. The van der Waals surface area contributed by atoms with Crippen LogP contribution in [0.25, 0.3) is 0 Å². The van der Waals surface area contributed by atoms with Gasteiger partial charge in [-0.15, -0.1) is 0 Å². The van der Waals surface area contributed by atoms with E-state index in [0.717, 1.165) is 5.56 Å². The van der Waals surface area contributed by atoms with E-state index in [1.165, 1.54) is 21.3 Å². The predicted molar refractivity (Wildman–Crippen MR) is 120 cm³/mol. The Bertz CT molecular complexity index is 983. The Morgan fingerprint density at radius 1 is 1.07 bits per heavy atom. The highest BCUT2D eigenvalue weighted by Crippen LogP contribution is 2.41. The number of carbonyl (C=O) groups excluding carboxylic acids is 1. The van der Waals surface area contributed by atoms with E-state index in [9.17, 15) is 4.79 Å². The topological polar surface area (TPSA) is 80.9 Å². The van der Waals surface area contributed by atoms with Gasteiger partial charge in [0, 0.05) is 16.4 Å². The minimum atomic E-state index is -0.528. The van der Waals surface area contributed by atoms with Gasteiger partial charge < -0.3 is 30.2 Å². The first kappa shape index (κ1) is 21.7. The zero-order valence-corrected chi connectivity index (χ0v) is 18.5. The zero-order valence-electron chi connectivity index (χ0n) is 17.0. The maximum Gasteiger partial charge on any atom is 0.255 e. The highest BCUT2D eigenvalue weighted by Gasteiger charge is 2.31. The first-order valence-electron chi connectivity index (χ1n) is 9.03. The average molecular weight is 448 g/mol. The lowest BCUT2D eigenvalue weighted by molar-refractivity contribution is -0.113. The van der Waals surface area contributed by atoms with Crippen molar-refractivity contribution in [1.29, 1.82) is 0 Å². The van der Waals surface area contributed by atoms with Gasteiger partial charge in [-0.05, 0) is 61.1 Å². The number of hydrogen-bond donors (Lipinski definition) is 3. The third-order valence-corrected chi connectivity index (χ3v) is 5.11. The van der Waals surface area contributed by atoms with Gasteiger partial charge in [0.15, 0.2) is 16.6 Å². The molecule has 0 radical (unpaired) electrons. The van der Waals surface area contributed by atoms with E-state index < -0.39 is 6.04 Å². The van der Waals surface area contributed by atoms with Crippen LogP contribution in [0.15, 0.2) is 47.7 Å². The lowest BCUT2D eigenvalue weighted by Crippen LogP contribution is -2.45. The fourth-order valence-electron chi connectivity index (χ4n) is 3.24. The fraction of sp³-hybridized carbons (Fsp3) is 0.238. The van der Waals surface area contributed by atoms with Crippen LogP contribution in [-0.2, 0) is 4.79 Å². The molecule has 30 heavy (non-hydrogen) atoms. The molecule has 1 atom stereocenters. The quantitative estimate of drug-likeness (QED) is 0.581. The Labute approximate surface area is 185 Å². The monoisotopic (exact) mass is 447 g/mol. The first-order valence-corrected chi connectivity index (χ1v) is 9.81. The Balaban J connectivity index is 2.03. The Morgan fingerprint density at radius 2 is 1.67 bits per heavy atom. The summed E-state index contributed by atoms with van der Waals surface area (Å²) in [4.78, 5) is 13.2. The summed E-state index contributed by atoms with van der Waals surface area (Å²) < 4.78 is 16.3. The minimum Gasteiger partial charge on any atom is -0.493 e. The van der Waals surface area contributed by atoms with E-state index >= 15 is 0 Å². The number of hydrogen-bond acceptors (Lipinski definition) is 5. The number of allylic oxidation sites excluding steroid dienone is 1. The summed E-state index contributed by atoms with van der Waals surface area (Å²) in [5.41, 5.74) is 2.48. The van der Waals surface area contributed by atoms with Crippen molar-refractivity contribution in [2.45, 2.75) is 13.0 Å². The zero-order chi connectivity index (χ0) is 21.8. The first-order chi connectivity index (χ1) is 14.4. The van der Waals surface area contributed by atoms with Crippen molar-refractivity contribution in [2.24, 2.45) is 0 Å². The largest absolute Gasteiger partial charge is 0.493 e. The Kier molecular flexibility index (Phi) is 6.69. The summed E-state index contributed by atoms with van der Waals surface area (Å²) in [6.45, 7) is 1.80. The van der Waals surface area contributed by atoms with Crippen LogP contribution in [0.3, 0.4) is 0 Å². The van der Waals surface area contributed by atoms with Crippen molar-refractivity contribution in [3.63, 3.8) is 0 Å². The van der Waals surface area contributed by atoms with Crippen LogP contribution in [-0.4, -0.2) is 32.3 Å². The molecule has 1 aliphatic rings. The standard InChI is InChI=1S/C21H22ClN3O4S/c1-11-17(20(26)24-14-7-5-13(22)6-8-14)18(25-21(30)23-11)12-9-15(27-2)19(29-4)16(10-12)28-3/h5-10,18H,1-4H3,(H,24,26)(H2,23,25,30). The van der Waals surface area contributed by atoms with Gasteiger partial charge in [0.05, 0.1) is 32.9 Å². The fourth-order valence-corrected chi connectivity index (χ4v) is 3.64. The van der Waals surface area contributed by atoms with Crippen LogP contribution in [0.1, 0.15) is 18.5 Å². The molecule has 2 aromatic rings. The second-order valence-corrected chi connectivity index (χ2v) is 7.33. The summed E-state index contributed by atoms with van der Waals surface area (Å²) in [6, 6.07) is 9.94. The smallest absolute Gasteiger partial charge is 0.255 e. The molecular formula is C21H22ClN3O4S. The third-order valence-electron chi connectivity index (χ3n) is 4.64. The van der Waals surface area contributed by atoms with Crippen LogP contribution in [0.2, 0.25) is 5.02 Å². The molecule has 0 spiro atoms. The van der Waals surface area contributed by atoms with Gasteiger partial charge in [0.1, 0.15) is 0 Å². The molecule has 0 bridgehead atoms. The maximum absolute atomic E-state index is 13.2. The number of ether oxygens (including phenoxy) is 3. The van der Waals surface area contributed by atoms with Gasteiger partial charge in [-0.2, -0.15) is 0 Å². The van der Waals surface area contributed by atoms with Crippen LogP contribution < -0.4 is 30.2 Å². The average Bonchev–Trinajstić information content (AvgIpc) is 2.73. The molecule has 1 amide bonds. The van der Waals surface area contributed by atoms with Gasteiger partial charge >= 0.3 is 0 Å². The number of anilines is 1. The van der Waals surface area contributed by atoms with E-state index in [1.54, 1.807) is 43.3 Å². The van der Waals surface area contributed by atoms with Crippen LogP contribution in [0, 0.1) is 0 Å². The molecule has 3 rings (SSSR count). The lowest BCUT2D eigenvalue weighted by atomic mass is 9.94. The summed E-state index contributed by atoms with van der Waals surface area (Å²) in [7, 11) is 4.61. The molecule has 9 heteroatoms. The van der Waals surface area contributed by atoms with Crippen LogP contribution >= 0.6 is 23.8 Å². The number of amides is 1. The highest BCUT2D eigenvalue weighted by atomic mass is 35.5. The van der Waals surface area contributed by atoms with Gasteiger partial charge in [-0.3, -0.25) is 4.79 Å². The van der Waals surface area contributed by atoms with Crippen LogP contribution in [0.5, 0.6) is 17.2 Å². The van der Waals surface area contributed by atoms with Crippen molar-refractivity contribution < 1.29 is 19.0 Å². The van der Waals surface area contributed by atoms with Crippen molar-refractivity contribution in [2.75, 3.05) is 26.6 Å². The van der Waals surface area contributed by atoms with E-state index in [-0.39, 0.29) is 5.91 Å². The van der Waals surface area contributed by atoms with Crippen molar-refractivity contribution >= 4 is 40.5 Å². The summed E-state index contributed by atoms with van der Waals surface area (Å²) in [5, 5.41) is 10.1. The maximum atomic E-state index is 13.2. The summed E-state index contributed by atoms with van der Waals surface area (Å²) >= 11 is 11.3. The highest BCUT2D eigenvalue weighted by molar-refractivity contribution is 7.80. The second kappa shape index (κ2) is 9.23. The van der Waals surface area contributed by atoms with E-state index in [0.29, 0.717) is 44.3 Å². The van der Waals surface area contributed by atoms with Gasteiger partial charge in [0.2, 0.25) is 5.75 Å². The minimum absolute atomic E-state index is 0.281. The molecule has 1 heterocycles. The molecule has 0 aliphatic carbocycles. The second-order valence-electron chi connectivity index (χ2n) is 6.49. The van der Waals surface area contributed by atoms with E-state index in [1.807, 2.05) is 0 Å². The molecule has 158 valence electrons. The van der Waals surface area contributed by atoms with E-state index in [4.69, 9.17) is 38.0 Å². The molecule has 0 aromatic heterocycles. The number of nitrogens with one attached hydrogen (secondary N) is 3. The van der Waals surface area contributed by atoms with E-state index in [2.05, 4.69) is 16.0 Å². The van der Waals surface area contributed by atoms with Gasteiger partial charge in [-0.25, -0.2) is 0 Å². The van der Waals surface area contributed by atoms with Crippen molar-refractivity contribution in [3.05, 3.63) is 58.3 Å². The molecular weight excluding hydrogens is 426 g/mol. The summed E-state index contributed by atoms with van der Waals surface area (Å²) in [6.07, 6.45) is 0. The normalized spacial score (nSPS) is 15.8. The Hall–Kier alpha value is -2.97. The number of methoxy groups -OCH3 is 3. The molecule has 2 aromatic carbocycles. The predicted octanol–water partition coefficient (Wildman–Crippen LogP) is 3.80. The molecule has 3 N–H and O–H groups in total. The van der Waals surface area contributed by atoms with Gasteiger partial charge in [0.25, 0.3) is 5.91 Å². The molecule has 0 saturated carbocycles. The number of thiocarbonyl (C=S) groups is 1. The van der Waals surface area contributed by atoms with Crippen molar-refractivity contribution in [1.82, 2.24) is 10.6 Å². The summed E-state index contributed by atoms with van der Waals surface area (Å²) in [5.74, 6) is 1.14. The molecule has 0 saturated heterocycles. The Morgan fingerprint density at radius 3 is 2.20 bits per heavy atom.